The van der Waals surface area contributed by atoms with Gasteiger partial charge >= 0.3 is 121 Å². The molecule has 1 fully saturated rings. The summed E-state index contributed by atoms with van der Waals surface area (Å²) >= 11 is 4.12. The van der Waals surface area contributed by atoms with Gasteiger partial charge in [0.1, 0.15) is 0 Å². The van der Waals surface area contributed by atoms with E-state index in [0.29, 0.717) is 6.04 Å². The first kappa shape index (κ1) is 16.8. The Morgan fingerprint density at radius 3 is 1.56 bits per heavy atom. The van der Waals surface area contributed by atoms with Gasteiger partial charge in [-0.3, -0.25) is 0 Å². The van der Waals surface area contributed by atoms with Gasteiger partial charge in [0.05, 0.1) is 0 Å². The van der Waals surface area contributed by atoms with Gasteiger partial charge in [-0.15, -0.1) is 0 Å². The molecular weight excluding hydrogens is 311 g/mol. The van der Waals surface area contributed by atoms with Gasteiger partial charge in [0.25, 0.3) is 0 Å². The maximum absolute atomic E-state index is 4.12. The van der Waals surface area contributed by atoms with Gasteiger partial charge in [-0.05, 0) is 0 Å². The van der Waals surface area contributed by atoms with Crippen molar-refractivity contribution in [3.05, 3.63) is 0 Å². The molecule has 0 aromatic heterocycles. The normalized spacial score (nSPS) is 21.6. The Labute approximate surface area is 121 Å². The minimum atomic E-state index is -2.54. The van der Waals surface area contributed by atoms with E-state index in [1.54, 1.807) is 0 Å². The van der Waals surface area contributed by atoms with Crippen LogP contribution in [0.2, 0.25) is 0 Å². The predicted molar refractivity (Wildman–Crippen MR) is 86.9 cm³/mol. The van der Waals surface area contributed by atoms with Crippen LogP contribution < -0.4 is 5.09 Å². The average molecular weight is 341 g/mol. The topological polar surface area (TPSA) is 21.8 Å². The molecule has 1 rings (SSSR count). The fraction of sp³-hybridized carbons (Fsp3) is 1.00. The van der Waals surface area contributed by atoms with Crippen LogP contribution in [0.1, 0.15) is 32.1 Å². The molecule has 1 N–H and O–H groups in total. The molecule has 1 saturated carbocycles. The van der Waals surface area contributed by atoms with Crippen molar-refractivity contribution in [1.82, 2.24) is 19.1 Å². The van der Waals surface area contributed by atoms with Crippen LogP contribution in [-0.2, 0) is 0 Å². The van der Waals surface area contributed by atoms with Crippen molar-refractivity contribution in [2.45, 2.75) is 38.1 Å². The molecule has 0 saturated heterocycles. The SMILES string of the molecule is CN(C)P(Br)(NC1CCCCC1)(N(C)C)N(C)C. The first-order valence-corrected chi connectivity index (χ1v) is 10.9. The molecular formula is C12H30BrN4P. The molecule has 0 unspecified atom stereocenters. The fourth-order valence-corrected chi connectivity index (χ4v) is 7.56. The van der Waals surface area contributed by atoms with E-state index < -0.39 is 5.91 Å². The molecule has 18 heavy (non-hydrogen) atoms. The fourth-order valence-electron chi connectivity index (χ4n) is 2.97. The third-order valence-electron chi connectivity index (χ3n) is 4.14. The zero-order valence-electron chi connectivity index (χ0n) is 12.8. The summed E-state index contributed by atoms with van der Waals surface area (Å²) in [6, 6.07) is 0.614. The van der Waals surface area contributed by atoms with Crippen molar-refractivity contribution in [1.29, 1.82) is 0 Å². The number of nitrogens with one attached hydrogen (secondary N) is 1. The van der Waals surface area contributed by atoms with Crippen molar-refractivity contribution < 1.29 is 0 Å². The summed E-state index contributed by atoms with van der Waals surface area (Å²) in [6.07, 6.45) is 6.68. The third-order valence-corrected chi connectivity index (χ3v) is 15.5. The second-order valence-electron chi connectivity index (χ2n) is 5.89. The summed E-state index contributed by atoms with van der Waals surface area (Å²) in [7, 11) is 12.9. The number of hydrogen-bond donors (Lipinski definition) is 1. The third kappa shape index (κ3) is 2.77. The summed E-state index contributed by atoms with van der Waals surface area (Å²) in [5.74, 6) is -2.54. The van der Waals surface area contributed by atoms with E-state index in [1.807, 2.05) is 0 Å². The van der Waals surface area contributed by atoms with Gasteiger partial charge in [0.15, 0.2) is 0 Å². The van der Waals surface area contributed by atoms with E-state index in [1.165, 1.54) is 32.1 Å². The molecule has 0 spiro atoms. The van der Waals surface area contributed by atoms with E-state index in [9.17, 15) is 0 Å². The van der Waals surface area contributed by atoms with Gasteiger partial charge in [-0.2, -0.15) is 0 Å². The van der Waals surface area contributed by atoms with Crippen LogP contribution in [0.5, 0.6) is 0 Å². The second-order valence-corrected chi connectivity index (χ2v) is 14.2. The van der Waals surface area contributed by atoms with Crippen LogP contribution in [-0.4, -0.2) is 62.3 Å². The van der Waals surface area contributed by atoms with Crippen LogP contribution in [0.25, 0.3) is 0 Å². The number of halogens is 1. The zero-order chi connectivity index (χ0) is 14.0. The van der Waals surface area contributed by atoms with E-state index >= 15 is 0 Å². The maximum atomic E-state index is 4.12. The second kappa shape index (κ2) is 6.02. The Balaban J connectivity index is 3.02. The van der Waals surface area contributed by atoms with E-state index in [2.05, 4.69) is 76.9 Å². The standard InChI is InChI=1S/C12H30BrN4P/c1-15(2)18(13,16(3)4,17(5)6)14-12-10-8-7-9-11-12/h12,14H,7-11H2,1-6H3. The van der Waals surface area contributed by atoms with Crippen molar-refractivity contribution in [3.63, 3.8) is 0 Å². The molecule has 6 heteroatoms. The molecule has 0 heterocycles. The van der Waals surface area contributed by atoms with E-state index in [-0.39, 0.29) is 0 Å². The molecule has 110 valence electrons. The molecule has 1 aliphatic rings. The van der Waals surface area contributed by atoms with E-state index in [0.717, 1.165) is 0 Å². The quantitative estimate of drug-likeness (QED) is 0.776. The Bertz CT molecular complexity index is 253. The van der Waals surface area contributed by atoms with Gasteiger partial charge in [-0.25, -0.2) is 0 Å². The summed E-state index contributed by atoms with van der Waals surface area (Å²) in [5.41, 5.74) is 0. The number of rotatable bonds is 5. The molecule has 0 amide bonds. The average Bonchev–Trinajstić information content (AvgIpc) is 2.29. The van der Waals surface area contributed by atoms with Crippen LogP contribution in [0.3, 0.4) is 0 Å². The number of nitrogens with zero attached hydrogens (tertiary/aromatic N) is 3. The predicted octanol–water partition coefficient (Wildman–Crippen LogP) is 3.12. The zero-order valence-corrected chi connectivity index (χ0v) is 15.3. The van der Waals surface area contributed by atoms with E-state index in [4.69, 9.17) is 0 Å². The number of hydrogen-bond acceptors (Lipinski definition) is 4. The Morgan fingerprint density at radius 1 is 0.833 bits per heavy atom. The summed E-state index contributed by atoms with van der Waals surface area (Å²) in [4.78, 5) is 0. The first-order valence-electron chi connectivity index (χ1n) is 6.78. The summed E-state index contributed by atoms with van der Waals surface area (Å²) in [6.45, 7) is 0. The van der Waals surface area contributed by atoms with Crippen LogP contribution in [0.4, 0.5) is 0 Å². The van der Waals surface area contributed by atoms with Crippen LogP contribution in [0.15, 0.2) is 0 Å². The Hall–Kier alpha value is 0.750. The summed E-state index contributed by atoms with van der Waals surface area (Å²) < 4.78 is 6.96. The molecule has 0 bridgehead atoms. The first-order chi connectivity index (χ1) is 8.23. The van der Waals surface area contributed by atoms with Crippen molar-refractivity contribution in [2.75, 3.05) is 42.3 Å². The van der Waals surface area contributed by atoms with Gasteiger partial charge in [0, 0.05) is 0 Å². The molecule has 0 aliphatic heterocycles. The molecule has 0 radical (unpaired) electrons. The molecule has 4 nitrogen and oxygen atoms in total. The molecule has 0 aromatic rings. The minimum absolute atomic E-state index is 0.614. The molecule has 0 aromatic carbocycles. The monoisotopic (exact) mass is 340 g/mol. The van der Waals surface area contributed by atoms with Crippen LogP contribution in [0, 0.1) is 0 Å². The van der Waals surface area contributed by atoms with Crippen LogP contribution >= 0.6 is 21.4 Å². The van der Waals surface area contributed by atoms with Gasteiger partial charge < -0.3 is 0 Å². The Morgan fingerprint density at radius 2 is 1.22 bits per heavy atom. The molecule has 1 aliphatic carbocycles. The van der Waals surface area contributed by atoms with Crippen molar-refractivity contribution in [2.24, 2.45) is 0 Å². The van der Waals surface area contributed by atoms with Gasteiger partial charge in [-0.1, -0.05) is 0 Å². The van der Waals surface area contributed by atoms with Crippen molar-refractivity contribution in [3.8, 4) is 0 Å². The Kier molecular flexibility index (Phi) is 5.62. The van der Waals surface area contributed by atoms with Gasteiger partial charge in [0.2, 0.25) is 0 Å². The molecule has 0 atom stereocenters. The van der Waals surface area contributed by atoms with Crippen molar-refractivity contribution >= 4 is 21.4 Å². The summed E-state index contributed by atoms with van der Waals surface area (Å²) in [5, 5.41) is 3.97.